The van der Waals surface area contributed by atoms with Gasteiger partial charge in [0.05, 0.1) is 6.54 Å². The van der Waals surface area contributed by atoms with Gasteiger partial charge in [-0.1, -0.05) is 30.3 Å². The number of nitrogens with one attached hydrogen (secondary N) is 2. The molecule has 0 aliphatic rings. The molecule has 0 amide bonds. The highest BCUT2D eigenvalue weighted by atomic mass is 32.1. The smallest absolute Gasteiger partial charge is 0.214 e. The van der Waals surface area contributed by atoms with E-state index in [-0.39, 0.29) is 5.82 Å². The van der Waals surface area contributed by atoms with Crippen molar-refractivity contribution in [3.05, 3.63) is 76.1 Å². The van der Waals surface area contributed by atoms with Gasteiger partial charge < -0.3 is 10.2 Å². The van der Waals surface area contributed by atoms with E-state index in [1.54, 1.807) is 16.8 Å². The summed E-state index contributed by atoms with van der Waals surface area (Å²) in [5.41, 5.74) is 5.11. The zero-order valence-corrected chi connectivity index (χ0v) is 13.9. The number of ether oxygens (including phenoxy) is 1. The number of aryl methyl sites for hydroxylation is 1. The van der Waals surface area contributed by atoms with Gasteiger partial charge in [-0.2, -0.15) is 5.10 Å². The van der Waals surface area contributed by atoms with Crippen LogP contribution >= 0.6 is 12.2 Å². The summed E-state index contributed by atoms with van der Waals surface area (Å²) in [6, 6.07) is 14.0. The van der Waals surface area contributed by atoms with Crippen molar-refractivity contribution < 1.29 is 9.13 Å². The summed E-state index contributed by atoms with van der Waals surface area (Å²) in [7, 11) is 0. The maximum Gasteiger partial charge on any atom is 0.214 e. The second kappa shape index (κ2) is 7.27. The Labute approximate surface area is 144 Å². The number of H-pyrrole nitrogens is 1. The molecule has 2 aromatic carbocycles. The molecule has 7 heteroatoms. The van der Waals surface area contributed by atoms with E-state index in [1.807, 2.05) is 31.2 Å². The third kappa shape index (κ3) is 3.80. The van der Waals surface area contributed by atoms with Crippen molar-refractivity contribution in [3.63, 3.8) is 0 Å². The van der Waals surface area contributed by atoms with Crippen molar-refractivity contribution in [2.24, 2.45) is 0 Å². The van der Waals surface area contributed by atoms with Crippen LogP contribution in [0.4, 0.5) is 4.39 Å². The second-order valence-electron chi connectivity index (χ2n) is 5.27. The van der Waals surface area contributed by atoms with Crippen LogP contribution in [0.15, 0.2) is 48.5 Å². The number of hydrogen-bond acceptors (Lipinski definition) is 4. The first-order valence-electron chi connectivity index (χ1n) is 7.46. The Hall–Kier alpha value is -2.67. The highest BCUT2D eigenvalue weighted by Gasteiger charge is 2.06. The van der Waals surface area contributed by atoms with Gasteiger partial charge in [0.25, 0.3) is 0 Å². The fraction of sp³-hybridized carbons (Fsp3) is 0.176. The molecule has 0 saturated carbocycles. The molecule has 3 rings (SSSR count). The standard InChI is InChI=1S/C17H17FN4OS/c1-12-20-21-17(24)22(12)19-10-14-4-2-3-5-16(14)23-11-13-6-8-15(18)9-7-13/h2-9,19H,10-11H2,1H3,(H,21,24). The van der Waals surface area contributed by atoms with Gasteiger partial charge >= 0.3 is 0 Å². The molecule has 5 nitrogen and oxygen atoms in total. The van der Waals surface area contributed by atoms with Gasteiger partial charge in [-0.15, -0.1) is 0 Å². The molecule has 0 fully saturated rings. The van der Waals surface area contributed by atoms with Crippen LogP contribution < -0.4 is 10.2 Å². The molecule has 124 valence electrons. The summed E-state index contributed by atoms with van der Waals surface area (Å²) in [5.74, 6) is 1.27. The second-order valence-corrected chi connectivity index (χ2v) is 5.66. The molecule has 0 bridgehead atoms. The molecule has 0 aliphatic carbocycles. The molecule has 2 N–H and O–H groups in total. The van der Waals surface area contributed by atoms with Crippen LogP contribution in [0.5, 0.6) is 5.75 Å². The number of nitrogens with zero attached hydrogens (tertiary/aromatic N) is 2. The Kier molecular flexibility index (Phi) is 4.90. The van der Waals surface area contributed by atoms with Gasteiger partial charge in [0.2, 0.25) is 4.77 Å². The van der Waals surface area contributed by atoms with E-state index in [2.05, 4.69) is 15.6 Å². The third-order valence-electron chi connectivity index (χ3n) is 3.55. The topological polar surface area (TPSA) is 54.9 Å². The first-order chi connectivity index (χ1) is 11.6. The lowest BCUT2D eigenvalue weighted by Gasteiger charge is -2.13. The molecular weight excluding hydrogens is 327 g/mol. The molecule has 0 spiro atoms. The van der Waals surface area contributed by atoms with E-state index in [9.17, 15) is 4.39 Å². The molecule has 0 radical (unpaired) electrons. The van der Waals surface area contributed by atoms with Crippen molar-refractivity contribution in [2.45, 2.75) is 20.1 Å². The predicted octanol–water partition coefficient (Wildman–Crippen LogP) is 3.71. The summed E-state index contributed by atoms with van der Waals surface area (Å²) >= 11 is 5.17. The predicted molar refractivity (Wildman–Crippen MR) is 92.4 cm³/mol. The number of aromatic nitrogens is 3. The van der Waals surface area contributed by atoms with Crippen LogP contribution in [-0.2, 0) is 13.2 Å². The van der Waals surface area contributed by atoms with E-state index in [0.717, 1.165) is 22.7 Å². The zero-order valence-electron chi connectivity index (χ0n) is 13.1. The number of para-hydroxylation sites is 1. The van der Waals surface area contributed by atoms with Crippen LogP contribution in [0.1, 0.15) is 17.0 Å². The van der Waals surface area contributed by atoms with Crippen LogP contribution in [0.2, 0.25) is 0 Å². The van der Waals surface area contributed by atoms with Crippen molar-refractivity contribution in [1.29, 1.82) is 0 Å². The highest BCUT2D eigenvalue weighted by molar-refractivity contribution is 7.71. The minimum atomic E-state index is -0.254. The summed E-state index contributed by atoms with van der Waals surface area (Å²) in [6.07, 6.45) is 0. The quantitative estimate of drug-likeness (QED) is 0.669. The number of benzene rings is 2. The third-order valence-corrected chi connectivity index (χ3v) is 3.82. The zero-order chi connectivity index (χ0) is 16.9. The van der Waals surface area contributed by atoms with E-state index in [0.29, 0.717) is 17.9 Å². The molecule has 0 unspecified atom stereocenters. The number of rotatable bonds is 6. The average molecular weight is 344 g/mol. The van der Waals surface area contributed by atoms with Crippen LogP contribution in [0.3, 0.4) is 0 Å². The Morgan fingerprint density at radius 1 is 1.21 bits per heavy atom. The van der Waals surface area contributed by atoms with Gasteiger partial charge in [0.1, 0.15) is 24.0 Å². The van der Waals surface area contributed by atoms with Crippen molar-refractivity contribution in [2.75, 3.05) is 5.43 Å². The molecule has 1 heterocycles. The maximum atomic E-state index is 12.9. The normalized spacial score (nSPS) is 10.6. The molecule has 0 aliphatic heterocycles. The van der Waals surface area contributed by atoms with Gasteiger partial charge in [-0.05, 0) is 42.9 Å². The van der Waals surface area contributed by atoms with E-state index < -0.39 is 0 Å². The van der Waals surface area contributed by atoms with E-state index >= 15 is 0 Å². The SMILES string of the molecule is Cc1n[nH]c(=S)n1NCc1ccccc1OCc1ccc(F)cc1. The molecule has 24 heavy (non-hydrogen) atoms. The fourth-order valence-corrected chi connectivity index (χ4v) is 2.50. The summed E-state index contributed by atoms with van der Waals surface area (Å²) < 4.78 is 21.0. The highest BCUT2D eigenvalue weighted by Crippen LogP contribution is 2.19. The van der Waals surface area contributed by atoms with Crippen molar-refractivity contribution in [3.8, 4) is 5.75 Å². The van der Waals surface area contributed by atoms with Crippen molar-refractivity contribution >= 4 is 12.2 Å². The Bertz CT molecular complexity index is 873. The molecule has 0 saturated heterocycles. The summed E-state index contributed by atoms with van der Waals surface area (Å²) in [4.78, 5) is 0. The maximum absolute atomic E-state index is 12.9. The Morgan fingerprint density at radius 3 is 2.67 bits per heavy atom. The first-order valence-corrected chi connectivity index (χ1v) is 7.87. The van der Waals surface area contributed by atoms with Crippen LogP contribution in [-0.4, -0.2) is 14.9 Å². The van der Waals surface area contributed by atoms with Gasteiger partial charge in [-0.3, -0.25) is 5.10 Å². The molecule has 3 aromatic rings. The van der Waals surface area contributed by atoms with E-state index in [1.165, 1.54) is 12.1 Å². The lowest BCUT2D eigenvalue weighted by Crippen LogP contribution is -2.16. The lowest BCUT2D eigenvalue weighted by atomic mass is 10.2. The number of hydrogen-bond donors (Lipinski definition) is 2. The summed E-state index contributed by atoms with van der Waals surface area (Å²) in [5, 5.41) is 6.79. The number of aromatic amines is 1. The minimum absolute atomic E-state index is 0.254. The largest absolute Gasteiger partial charge is 0.489 e. The summed E-state index contributed by atoms with van der Waals surface area (Å²) in [6.45, 7) is 2.77. The number of halogens is 1. The fourth-order valence-electron chi connectivity index (χ4n) is 2.26. The van der Waals surface area contributed by atoms with Gasteiger partial charge in [-0.25, -0.2) is 9.07 Å². The van der Waals surface area contributed by atoms with Crippen LogP contribution in [0.25, 0.3) is 0 Å². The van der Waals surface area contributed by atoms with Gasteiger partial charge in [0, 0.05) is 5.56 Å². The first kappa shape index (κ1) is 16.2. The molecule has 0 atom stereocenters. The monoisotopic (exact) mass is 344 g/mol. The van der Waals surface area contributed by atoms with Crippen LogP contribution in [0, 0.1) is 17.5 Å². The minimum Gasteiger partial charge on any atom is -0.489 e. The average Bonchev–Trinajstić information content (AvgIpc) is 2.91. The molecule has 1 aromatic heterocycles. The van der Waals surface area contributed by atoms with Gasteiger partial charge in [0.15, 0.2) is 0 Å². The molecular formula is C17H17FN4OS. The van der Waals surface area contributed by atoms with Crippen molar-refractivity contribution in [1.82, 2.24) is 14.9 Å². The van der Waals surface area contributed by atoms with E-state index in [4.69, 9.17) is 17.0 Å². The Balaban J connectivity index is 1.68. The lowest BCUT2D eigenvalue weighted by molar-refractivity contribution is 0.303. The Morgan fingerprint density at radius 2 is 1.96 bits per heavy atom.